The molecule has 1 saturated heterocycles. The van der Waals surface area contributed by atoms with E-state index in [0.29, 0.717) is 0 Å². The monoisotopic (exact) mass is 286 g/mol. The lowest BCUT2D eigenvalue weighted by molar-refractivity contribution is 0.0341. The zero-order valence-corrected chi connectivity index (χ0v) is 12.2. The van der Waals surface area contributed by atoms with E-state index in [9.17, 15) is 4.39 Å². The zero-order valence-electron chi connectivity index (χ0n) is 12.2. The van der Waals surface area contributed by atoms with Gasteiger partial charge in [0.05, 0.1) is 18.9 Å². The highest BCUT2D eigenvalue weighted by atomic mass is 19.1. The summed E-state index contributed by atoms with van der Waals surface area (Å²) < 4.78 is 18.7. The van der Waals surface area contributed by atoms with Gasteiger partial charge in [0.25, 0.3) is 0 Å². The predicted octanol–water partition coefficient (Wildman–Crippen LogP) is 3.03. The van der Waals surface area contributed by atoms with Gasteiger partial charge in [0.2, 0.25) is 0 Å². The maximum Gasteiger partial charge on any atom is 0.123 e. The first-order chi connectivity index (χ1) is 10.2. The minimum Gasteiger partial charge on any atom is -0.379 e. The maximum absolute atomic E-state index is 13.4. The summed E-state index contributed by atoms with van der Waals surface area (Å²) >= 11 is 0. The second-order valence-corrected chi connectivity index (χ2v) is 5.40. The molecule has 0 spiro atoms. The highest BCUT2D eigenvalue weighted by molar-refractivity contribution is 5.63. The smallest absolute Gasteiger partial charge is 0.123 e. The lowest BCUT2D eigenvalue weighted by Gasteiger charge is -2.26. The van der Waals surface area contributed by atoms with Crippen LogP contribution in [0.5, 0.6) is 0 Å². The molecule has 2 heterocycles. The van der Waals surface area contributed by atoms with Gasteiger partial charge in [0, 0.05) is 31.4 Å². The van der Waals surface area contributed by atoms with Crippen LogP contribution in [0.3, 0.4) is 0 Å². The van der Waals surface area contributed by atoms with E-state index in [1.54, 1.807) is 12.1 Å². The lowest BCUT2D eigenvalue weighted by Crippen LogP contribution is -2.35. The Balaban J connectivity index is 1.75. The van der Waals surface area contributed by atoms with Gasteiger partial charge in [-0.3, -0.25) is 9.88 Å². The highest BCUT2D eigenvalue weighted by Crippen LogP contribution is 2.22. The summed E-state index contributed by atoms with van der Waals surface area (Å²) in [5, 5.41) is 0. The fourth-order valence-corrected chi connectivity index (χ4v) is 2.56. The molecule has 3 rings (SSSR count). The van der Waals surface area contributed by atoms with Gasteiger partial charge in [-0.25, -0.2) is 4.39 Å². The van der Waals surface area contributed by atoms with Crippen molar-refractivity contribution < 1.29 is 9.13 Å². The molecule has 0 atom stereocenters. The van der Waals surface area contributed by atoms with Crippen molar-refractivity contribution in [3.63, 3.8) is 0 Å². The minimum atomic E-state index is -0.227. The molecule has 0 saturated carbocycles. The molecule has 0 radical (unpaired) electrons. The van der Waals surface area contributed by atoms with Gasteiger partial charge in [-0.2, -0.15) is 0 Å². The average Bonchev–Trinajstić information content (AvgIpc) is 2.52. The van der Waals surface area contributed by atoms with Gasteiger partial charge in [-0.1, -0.05) is 12.1 Å². The van der Waals surface area contributed by atoms with Crippen LogP contribution in [0, 0.1) is 12.7 Å². The first-order valence-corrected chi connectivity index (χ1v) is 7.24. The van der Waals surface area contributed by atoms with E-state index in [1.165, 1.54) is 11.6 Å². The Morgan fingerprint density at radius 3 is 2.71 bits per heavy atom. The van der Waals surface area contributed by atoms with E-state index in [0.717, 1.165) is 49.7 Å². The van der Waals surface area contributed by atoms with E-state index >= 15 is 0 Å². The molecular formula is C17H19FN2O. The topological polar surface area (TPSA) is 25.4 Å². The molecule has 0 amide bonds. The molecule has 0 unspecified atom stereocenters. The Kier molecular flexibility index (Phi) is 4.27. The van der Waals surface area contributed by atoms with E-state index in [-0.39, 0.29) is 5.82 Å². The first kappa shape index (κ1) is 14.2. The number of aryl methyl sites for hydroxylation is 1. The Morgan fingerprint density at radius 2 is 2.00 bits per heavy atom. The number of nitrogens with zero attached hydrogens (tertiary/aromatic N) is 2. The number of hydrogen-bond donors (Lipinski definition) is 0. The summed E-state index contributed by atoms with van der Waals surface area (Å²) in [6, 6.07) is 8.85. The zero-order chi connectivity index (χ0) is 14.7. The van der Waals surface area contributed by atoms with Gasteiger partial charge in [-0.15, -0.1) is 0 Å². The van der Waals surface area contributed by atoms with Crippen LogP contribution in [0.15, 0.2) is 36.5 Å². The number of halogens is 1. The average molecular weight is 286 g/mol. The molecule has 0 bridgehead atoms. The van der Waals surface area contributed by atoms with Gasteiger partial charge in [0.15, 0.2) is 0 Å². The Hall–Kier alpha value is -1.78. The van der Waals surface area contributed by atoms with Gasteiger partial charge in [0.1, 0.15) is 5.82 Å². The normalized spacial score (nSPS) is 16.1. The third-order valence-corrected chi connectivity index (χ3v) is 3.81. The maximum atomic E-state index is 13.4. The Morgan fingerprint density at radius 1 is 1.19 bits per heavy atom. The van der Waals surface area contributed by atoms with Crippen molar-refractivity contribution in [2.75, 3.05) is 26.3 Å². The summed E-state index contributed by atoms with van der Waals surface area (Å²) in [6.07, 6.45) is 1.88. The molecule has 1 aliphatic rings. The number of aromatic nitrogens is 1. The van der Waals surface area contributed by atoms with Crippen molar-refractivity contribution in [1.82, 2.24) is 9.88 Å². The van der Waals surface area contributed by atoms with Crippen LogP contribution in [0.1, 0.15) is 11.1 Å². The SMILES string of the molecule is Cc1ccc(F)cc1-c1ccc(CN2CCOCC2)cn1. The van der Waals surface area contributed by atoms with Crippen molar-refractivity contribution in [3.05, 3.63) is 53.5 Å². The molecule has 1 fully saturated rings. The number of ether oxygens (including phenoxy) is 1. The van der Waals surface area contributed by atoms with Crippen LogP contribution < -0.4 is 0 Å². The number of rotatable bonds is 3. The van der Waals surface area contributed by atoms with Gasteiger partial charge in [-0.05, 0) is 36.2 Å². The molecule has 1 aromatic heterocycles. The van der Waals surface area contributed by atoms with Crippen molar-refractivity contribution in [2.45, 2.75) is 13.5 Å². The van der Waals surface area contributed by atoms with E-state index in [2.05, 4.69) is 16.0 Å². The summed E-state index contributed by atoms with van der Waals surface area (Å²) in [5.41, 5.74) is 3.88. The summed E-state index contributed by atoms with van der Waals surface area (Å²) in [4.78, 5) is 6.85. The number of hydrogen-bond acceptors (Lipinski definition) is 3. The van der Waals surface area contributed by atoms with E-state index < -0.39 is 0 Å². The van der Waals surface area contributed by atoms with Crippen LogP contribution in [-0.2, 0) is 11.3 Å². The second kappa shape index (κ2) is 6.33. The molecule has 0 aliphatic carbocycles. The number of morpholine rings is 1. The molecule has 21 heavy (non-hydrogen) atoms. The molecule has 110 valence electrons. The minimum absolute atomic E-state index is 0.227. The lowest BCUT2D eigenvalue weighted by atomic mass is 10.0. The van der Waals surface area contributed by atoms with Crippen LogP contribution in [0.25, 0.3) is 11.3 Å². The van der Waals surface area contributed by atoms with Crippen molar-refractivity contribution >= 4 is 0 Å². The third kappa shape index (κ3) is 3.46. The fourth-order valence-electron chi connectivity index (χ4n) is 2.56. The van der Waals surface area contributed by atoms with Crippen LogP contribution in [0.2, 0.25) is 0 Å². The number of benzene rings is 1. The van der Waals surface area contributed by atoms with Crippen molar-refractivity contribution in [1.29, 1.82) is 0 Å². The van der Waals surface area contributed by atoms with E-state index in [1.807, 2.05) is 19.2 Å². The Labute approximate surface area is 124 Å². The predicted molar refractivity (Wildman–Crippen MR) is 80.5 cm³/mol. The summed E-state index contributed by atoms with van der Waals surface area (Å²) in [6.45, 7) is 6.38. The molecule has 0 N–H and O–H groups in total. The molecule has 1 aliphatic heterocycles. The van der Waals surface area contributed by atoms with Crippen molar-refractivity contribution in [3.8, 4) is 11.3 Å². The van der Waals surface area contributed by atoms with Gasteiger partial charge >= 0.3 is 0 Å². The fraction of sp³-hybridized carbons (Fsp3) is 0.353. The largest absolute Gasteiger partial charge is 0.379 e. The summed E-state index contributed by atoms with van der Waals surface area (Å²) in [5.74, 6) is -0.227. The molecular weight excluding hydrogens is 267 g/mol. The number of pyridine rings is 1. The van der Waals surface area contributed by atoms with E-state index in [4.69, 9.17) is 4.74 Å². The highest BCUT2D eigenvalue weighted by Gasteiger charge is 2.11. The van der Waals surface area contributed by atoms with Crippen LogP contribution in [-0.4, -0.2) is 36.2 Å². The third-order valence-electron chi connectivity index (χ3n) is 3.81. The second-order valence-electron chi connectivity index (χ2n) is 5.40. The molecule has 3 nitrogen and oxygen atoms in total. The van der Waals surface area contributed by atoms with Gasteiger partial charge < -0.3 is 4.74 Å². The summed E-state index contributed by atoms with van der Waals surface area (Å²) in [7, 11) is 0. The standard InChI is InChI=1S/C17H19FN2O/c1-13-2-4-15(18)10-16(13)17-5-3-14(11-19-17)12-20-6-8-21-9-7-20/h2-5,10-11H,6-9,12H2,1H3. The molecule has 2 aromatic rings. The van der Waals surface area contributed by atoms with Crippen molar-refractivity contribution in [2.24, 2.45) is 0 Å². The molecule has 1 aromatic carbocycles. The first-order valence-electron chi connectivity index (χ1n) is 7.24. The van der Waals surface area contributed by atoms with Crippen LogP contribution in [0.4, 0.5) is 4.39 Å². The Bertz CT molecular complexity index is 607. The quantitative estimate of drug-likeness (QED) is 0.867. The van der Waals surface area contributed by atoms with Crippen LogP contribution >= 0.6 is 0 Å². The molecule has 4 heteroatoms.